The van der Waals surface area contributed by atoms with Gasteiger partial charge in [0.05, 0.1) is 12.1 Å². The van der Waals surface area contributed by atoms with Gasteiger partial charge in [-0.25, -0.2) is 9.78 Å². The molecule has 1 aromatic rings. The van der Waals surface area contributed by atoms with E-state index in [1.165, 1.54) is 4.88 Å². The van der Waals surface area contributed by atoms with Crippen molar-refractivity contribution in [3.8, 4) is 0 Å². The van der Waals surface area contributed by atoms with E-state index >= 15 is 0 Å². The van der Waals surface area contributed by atoms with Crippen molar-refractivity contribution in [3.63, 3.8) is 0 Å². The maximum Gasteiger partial charge on any atom is 0.317 e. The predicted octanol–water partition coefficient (Wildman–Crippen LogP) is 3.44. The molecule has 0 radical (unpaired) electrons. The summed E-state index contributed by atoms with van der Waals surface area (Å²) in [6.45, 7) is 17.8. The number of rotatable bonds is 5. The van der Waals surface area contributed by atoms with Crippen LogP contribution >= 0.6 is 11.3 Å². The van der Waals surface area contributed by atoms with Crippen molar-refractivity contribution in [3.05, 3.63) is 16.1 Å². The molecule has 3 rings (SSSR count). The maximum atomic E-state index is 11.7. The van der Waals surface area contributed by atoms with E-state index < -0.39 is 8.32 Å². The first-order chi connectivity index (χ1) is 12.1. The fraction of sp³-hybridized carbons (Fsp3) is 0.778. The SMILES string of the molecule is C[C@@H](O[Si](C)(C)C(C)(C)C)c1ncc(CN2CCN3C(=O)NC[C@@H]3C2)s1. The Morgan fingerprint density at radius 2 is 2.15 bits per heavy atom. The minimum atomic E-state index is -1.79. The molecule has 146 valence electrons. The highest BCUT2D eigenvalue weighted by atomic mass is 32.1. The summed E-state index contributed by atoms with van der Waals surface area (Å²) in [5.41, 5.74) is 0. The van der Waals surface area contributed by atoms with Gasteiger partial charge >= 0.3 is 6.03 Å². The molecule has 3 heterocycles. The number of thiazole rings is 1. The number of urea groups is 1. The fourth-order valence-electron chi connectivity index (χ4n) is 3.29. The highest BCUT2D eigenvalue weighted by molar-refractivity contribution is 7.11. The Bertz CT molecular complexity index is 658. The molecule has 0 aromatic carbocycles. The van der Waals surface area contributed by atoms with Gasteiger partial charge in [-0.15, -0.1) is 11.3 Å². The lowest BCUT2D eigenvalue weighted by atomic mass is 10.2. The van der Waals surface area contributed by atoms with Gasteiger partial charge in [-0.2, -0.15) is 0 Å². The van der Waals surface area contributed by atoms with Gasteiger partial charge in [0.1, 0.15) is 5.01 Å². The number of amides is 2. The van der Waals surface area contributed by atoms with Crippen molar-refractivity contribution in [1.82, 2.24) is 20.1 Å². The van der Waals surface area contributed by atoms with E-state index in [1.54, 1.807) is 11.3 Å². The van der Waals surface area contributed by atoms with Crippen LogP contribution in [-0.2, 0) is 11.0 Å². The van der Waals surface area contributed by atoms with Gasteiger partial charge in [0.2, 0.25) is 0 Å². The fourth-order valence-corrected chi connectivity index (χ4v) is 5.66. The van der Waals surface area contributed by atoms with E-state index in [4.69, 9.17) is 4.43 Å². The zero-order chi connectivity index (χ0) is 19.1. The Kier molecular flexibility index (Phi) is 5.49. The standard InChI is InChI=1S/C18H32N4O2SSi/c1-13(24-26(5,6)18(2,3)4)16-19-10-15(25-16)12-21-7-8-22-14(11-21)9-20-17(22)23/h10,13-14H,7-9,11-12H2,1-6H3,(H,20,23)/t13-,14-/m1/s1. The number of piperazine rings is 1. The summed E-state index contributed by atoms with van der Waals surface area (Å²) in [7, 11) is -1.79. The minimum Gasteiger partial charge on any atom is -0.408 e. The number of hydrogen-bond donors (Lipinski definition) is 1. The highest BCUT2D eigenvalue weighted by Crippen LogP contribution is 2.40. The van der Waals surface area contributed by atoms with E-state index in [2.05, 4.69) is 56.0 Å². The Labute approximate surface area is 162 Å². The molecule has 1 aromatic heterocycles. The van der Waals surface area contributed by atoms with Crippen LogP contribution in [0.1, 0.15) is 43.7 Å². The topological polar surface area (TPSA) is 57.7 Å². The summed E-state index contributed by atoms with van der Waals surface area (Å²) in [6, 6.07) is 0.399. The number of fused-ring (bicyclic) bond motifs is 1. The molecular formula is C18H32N4O2SSi. The molecule has 2 aliphatic rings. The molecule has 0 bridgehead atoms. The van der Waals surface area contributed by atoms with Crippen LogP contribution in [0.15, 0.2) is 6.20 Å². The number of nitrogens with zero attached hydrogens (tertiary/aromatic N) is 3. The average Bonchev–Trinajstić information content (AvgIpc) is 3.13. The van der Waals surface area contributed by atoms with Crippen LogP contribution in [0.2, 0.25) is 18.1 Å². The molecule has 2 amide bonds. The van der Waals surface area contributed by atoms with Crippen molar-refractivity contribution < 1.29 is 9.22 Å². The second-order valence-electron chi connectivity index (χ2n) is 8.95. The smallest absolute Gasteiger partial charge is 0.317 e. The third kappa shape index (κ3) is 4.13. The first-order valence-corrected chi connectivity index (χ1v) is 13.2. The maximum absolute atomic E-state index is 11.7. The highest BCUT2D eigenvalue weighted by Gasteiger charge is 2.39. The Morgan fingerprint density at radius 1 is 1.42 bits per heavy atom. The summed E-state index contributed by atoms with van der Waals surface area (Å²) in [4.78, 5) is 22.0. The van der Waals surface area contributed by atoms with Crippen LogP contribution in [0.4, 0.5) is 4.79 Å². The van der Waals surface area contributed by atoms with E-state index in [0.717, 1.165) is 37.7 Å². The third-order valence-electron chi connectivity index (χ3n) is 5.89. The largest absolute Gasteiger partial charge is 0.408 e. The van der Waals surface area contributed by atoms with Crippen LogP contribution in [0.25, 0.3) is 0 Å². The molecule has 1 N–H and O–H groups in total. The van der Waals surface area contributed by atoms with E-state index in [0.29, 0.717) is 6.04 Å². The quantitative estimate of drug-likeness (QED) is 0.775. The second-order valence-corrected chi connectivity index (χ2v) is 14.9. The van der Waals surface area contributed by atoms with Crippen molar-refractivity contribution in [2.75, 3.05) is 26.2 Å². The van der Waals surface area contributed by atoms with Gasteiger partial charge in [0.25, 0.3) is 0 Å². The number of hydrogen-bond acceptors (Lipinski definition) is 5. The Balaban J connectivity index is 1.57. The lowest BCUT2D eigenvalue weighted by molar-refractivity contribution is 0.117. The number of carbonyl (C=O) groups is 1. The molecule has 8 heteroatoms. The lowest BCUT2D eigenvalue weighted by Crippen LogP contribution is -2.51. The molecule has 2 aliphatic heterocycles. The van der Waals surface area contributed by atoms with Gasteiger partial charge in [-0.3, -0.25) is 4.90 Å². The van der Waals surface area contributed by atoms with Crippen molar-refractivity contribution in [2.24, 2.45) is 0 Å². The van der Waals surface area contributed by atoms with Gasteiger partial charge < -0.3 is 14.6 Å². The van der Waals surface area contributed by atoms with Crippen LogP contribution < -0.4 is 5.32 Å². The third-order valence-corrected chi connectivity index (χ3v) is 11.6. The predicted molar refractivity (Wildman–Crippen MR) is 108 cm³/mol. The van der Waals surface area contributed by atoms with Gasteiger partial charge in [0, 0.05) is 43.8 Å². The molecule has 2 atom stereocenters. The molecule has 2 fully saturated rings. The Hall–Kier alpha value is -0.963. The summed E-state index contributed by atoms with van der Waals surface area (Å²) in [5, 5.41) is 4.21. The molecule has 26 heavy (non-hydrogen) atoms. The van der Waals surface area contributed by atoms with Crippen molar-refractivity contribution >= 4 is 25.7 Å². The first-order valence-electron chi connectivity index (χ1n) is 9.46. The summed E-state index contributed by atoms with van der Waals surface area (Å²) in [5.74, 6) is 0. The molecule has 0 aliphatic carbocycles. The number of carbonyl (C=O) groups excluding carboxylic acids is 1. The average molecular weight is 397 g/mol. The van der Waals surface area contributed by atoms with Crippen molar-refractivity contribution in [1.29, 1.82) is 0 Å². The van der Waals surface area contributed by atoms with Crippen molar-refractivity contribution in [2.45, 2.75) is 64.5 Å². The van der Waals surface area contributed by atoms with Crippen LogP contribution in [0.5, 0.6) is 0 Å². The van der Waals surface area contributed by atoms with Gasteiger partial charge in [0.15, 0.2) is 8.32 Å². The van der Waals surface area contributed by atoms with E-state index in [1.807, 2.05) is 11.1 Å². The molecule has 2 saturated heterocycles. The second kappa shape index (κ2) is 7.22. The molecule has 0 saturated carbocycles. The summed E-state index contributed by atoms with van der Waals surface area (Å²) < 4.78 is 6.48. The monoisotopic (exact) mass is 396 g/mol. The number of nitrogens with one attached hydrogen (secondary N) is 1. The Morgan fingerprint density at radius 3 is 2.85 bits per heavy atom. The molecule has 0 spiro atoms. The van der Waals surface area contributed by atoms with E-state index in [-0.39, 0.29) is 17.2 Å². The molecule has 0 unspecified atom stereocenters. The number of aromatic nitrogens is 1. The first kappa shape index (κ1) is 19.8. The van der Waals surface area contributed by atoms with Crippen LogP contribution in [-0.4, -0.2) is 61.4 Å². The normalized spacial score (nSPS) is 23.1. The molecule has 6 nitrogen and oxygen atoms in total. The summed E-state index contributed by atoms with van der Waals surface area (Å²) >= 11 is 1.76. The van der Waals surface area contributed by atoms with E-state index in [9.17, 15) is 4.79 Å². The minimum absolute atomic E-state index is 0.0446. The zero-order valence-corrected chi connectivity index (χ0v) is 18.7. The van der Waals surface area contributed by atoms with Crippen LogP contribution in [0.3, 0.4) is 0 Å². The lowest BCUT2D eigenvalue weighted by Gasteiger charge is -2.38. The zero-order valence-electron chi connectivity index (χ0n) is 16.8. The molecular weight excluding hydrogens is 364 g/mol. The summed E-state index contributed by atoms with van der Waals surface area (Å²) in [6.07, 6.45) is 2.04. The van der Waals surface area contributed by atoms with Gasteiger partial charge in [-0.05, 0) is 25.1 Å². The van der Waals surface area contributed by atoms with Crippen LogP contribution in [0, 0.1) is 0 Å². The van der Waals surface area contributed by atoms with Gasteiger partial charge in [-0.1, -0.05) is 20.8 Å².